The molecule has 12 nitrogen and oxygen atoms in total. The molecule has 0 aliphatic heterocycles. The fourth-order valence-corrected chi connectivity index (χ4v) is 2.55. The second kappa shape index (κ2) is 9.38. The molecule has 1 heterocycles. The van der Waals surface area contributed by atoms with E-state index in [-0.39, 0.29) is 17.8 Å². The van der Waals surface area contributed by atoms with Crippen molar-refractivity contribution in [3.8, 4) is 0 Å². The SMILES string of the molecule is O=C(Cc1ccc([N+](=O)[O-])cc1)NNc1ncnc(Nc2cc(F)ccc2F)c1[N+](=O)[O-]. The molecule has 0 radical (unpaired) electrons. The molecule has 0 aliphatic carbocycles. The molecule has 2 aromatic carbocycles. The molecular weight excluding hydrogens is 432 g/mol. The molecule has 0 saturated carbocycles. The van der Waals surface area contributed by atoms with Crippen LogP contribution in [0.3, 0.4) is 0 Å². The van der Waals surface area contributed by atoms with E-state index in [2.05, 4.69) is 26.1 Å². The molecule has 0 saturated heterocycles. The Kier molecular flexibility index (Phi) is 6.43. The number of hydrazine groups is 1. The summed E-state index contributed by atoms with van der Waals surface area (Å²) < 4.78 is 27.2. The van der Waals surface area contributed by atoms with E-state index in [1.165, 1.54) is 24.3 Å². The van der Waals surface area contributed by atoms with Crippen LogP contribution in [0.4, 0.5) is 37.5 Å². The van der Waals surface area contributed by atoms with E-state index in [9.17, 15) is 33.8 Å². The third-order valence-electron chi connectivity index (χ3n) is 4.02. The van der Waals surface area contributed by atoms with Crippen LogP contribution in [0.1, 0.15) is 5.56 Å². The molecule has 0 spiro atoms. The number of nitro groups is 2. The number of anilines is 3. The summed E-state index contributed by atoms with van der Waals surface area (Å²) in [6, 6.07) is 7.75. The highest BCUT2D eigenvalue weighted by Crippen LogP contribution is 2.31. The highest BCUT2D eigenvalue weighted by atomic mass is 19.1. The van der Waals surface area contributed by atoms with Crippen LogP contribution in [-0.2, 0) is 11.2 Å². The number of hydrogen-bond donors (Lipinski definition) is 3. The Morgan fingerprint density at radius 2 is 1.66 bits per heavy atom. The van der Waals surface area contributed by atoms with Crippen molar-refractivity contribution in [2.45, 2.75) is 6.42 Å². The van der Waals surface area contributed by atoms with Crippen LogP contribution < -0.4 is 16.2 Å². The number of hydrogen-bond acceptors (Lipinski definition) is 9. The second-order valence-electron chi connectivity index (χ2n) is 6.20. The molecule has 0 bridgehead atoms. The van der Waals surface area contributed by atoms with Crippen molar-refractivity contribution < 1.29 is 23.4 Å². The van der Waals surface area contributed by atoms with Crippen molar-refractivity contribution in [2.24, 2.45) is 0 Å². The lowest BCUT2D eigenvalue weighted by Gasteiger charge is -2.11. The van der Waals surface area contributed by atoms with E-state index in [0.717, 1.165) is 24.5 Å². The zero-order valence-corrected chi connectivity index (χ0v) is 15.9. The molecule has 1 amide bonds. The van der Waals surface area contributed by atoms with Crippen LogP contribution in [0, 0.1) is 31.9 Å². The second-order valence-corrected chi connectivity index (χ2v) is 6.20. The van der Waals surface area contributed by atoms with Crippen LogP contribution in [0.15, 0.2) is 48.8 Å². The Bertz CT molecular complexity index is 1190. The van der Waals surface area contributed by atoms with E-state index < -0.39 is 44.7 Å². The van der Waals surface area contributed by atoms with E-state index in [4.69, 9.17) is 0 Å². The Morgan fingerprint density at radius 1 is 0.969 bits per heavy atom. The first kappa shape index (κ1) is 21.9. The first-order chi connectivity index (χ1) is 15.2. The standard InChI is InChI=1S/C18H13F2N7O5/c19-11-3-6-13(20)14(8-11)23-17-16(27(31)32)18(22-9-21-17)25-24-15(28)7-10-1-4-12(5-2-10)26(29)30/h1-6,8-9H,7H2,(H,24,28)(H2,21,22,23,25). The molecular formula is C18H13F2N7O5. The fraction of sp³-hybridized carbons (Fsp3) is 0.0556. The normalized spacial score (nSPS) is 10.3. The Morgan fingerprint density at radius 3 is 2.31 bits per heavy atom. The number of benzene rings is 2. The molecule has 14 heteroatoms. The van der Waals surface area contributed by atoms with Crippen molar-refractivity contribution in [1.82, 2.24) is 15.4 Å². The van der Waals surface area contributed by atoms with Gasteiger partial charge in [0.15, 0.2) is 0 Å². The van der Waals surface area contributed by atoms with Gasteiger partial charge in [-0.05, 0) is 17.7 Å². The van der Waals surface area contributed by atoms with Crippen LogP contribution >= 0.6 is 0 Å². The zero-order valence-electron chi connectivity index (χ0n) is 15.9. The number of nitrogens with one attached hydrogen (secondary N) is 3. The molecule has 0 atom stereocenters. The number of carbonyl (C=O) groups is 1. The summed E-state index contributed by atoms with van der Waals surface area (Å²) in [5, 5.41) is 24.5. The Hall–Kier alpha value is -4.75. The van der Waals surface area contributed by atoms with E-state index in [1.54, 1.807) is 0 Å². The van der Waals surface area contributed by atoms with Crippen molar-refractivity contribution in [3.05, 3.63) is 86.2 Å². The number of carbonyl (C=O) groups excluding carboxylic acids is 1. The lowest BCUT2D eigenvalue weighted by atomic mass is 10.1. The van der Waals surface area contributed by atoms with Gasteiger partial charge in [-0.15, -0.1) is 0 Å². The topological polar surface area (TPSA) is 165 Å². The minimum absolute atomic E-state index is 0.140. The van der Waals surface area contributed by atoms with Gasteiger partial charge in [-0.25, -0.2) is 18.7 Å². The lowest BCUT2D eigenvalue weighted by molar-refractivity contribution is -0.384. The summed E-state index contributed by atoms with van der Waals surface area (Å²) in [4.78, 5) is 40.2. The van der Waals surface area contributed by atoms with Gasteiger partial charge in [0.25, 0.3) is 5.69 Å². The molecule has 0 fully saturated rings. The molecule has 0 unspecified atom stereocenters. The number of non-ortho nitro benzene ring substituents is 1. The first-order valence-electron chi connectivity index (χ1n) is 8.74. The number of halogens is 2. The largest absolute Gasteiger partial charge is 0.355 e. The van der Waals surface area contributed by atoms with Gasteiger partial charge < -0.3 is 5.32 Å². The molecule has 3 N–H and O–H groups in total. The third-order valence-corrected chi connectivity index (χ3v) is 4.02. The van der Waals surface area contributed by atoms with Gasteiger partial charge in [0.05, 0.1) is 22.0 Å². The van der Waals surface area contributed by atoms with Crippen LogP contribution in [-0.4, -0.2) is 25.7 Å². The molecule has 0 aliphatic rings. The highest BCUT2D eigenvalue weighted by molar-refractivity contribution is 5.81. The van der Waals surface area contributed by atoms with E-state index in [1.807, 2.05) is 0 Å². The van der Waals surface area contributed by atoms with E-state index >= 15 is 0 Å². The average Bonchev–Trinajstić information content (AvgIpc) is 2.75. The van der Waals surface area contributed by atoms with Crippen LogP contribution in [0.25, 0.3) is 0 Å². The predicted molar refractivity (Wildman–Crippen MR) is 107 cm³/mol. The molecule has 164 valence electrons. The van der Waals surface area contributed by atoms with Gasteiger partial charge in [0.1, 0.15) is 18.0 Å². The maximum atomic E-state index is 13.9. The third kappa shape index (κ3) is 5.24. The summed E-state index contributed by atoms with van der Waals surface area (Å²) in [6.07, 6.45) is 0.723. The summed E-state index contributed by atoms with van der Waals surface area (Å²) in [6.45, 7) is 0. The molecule has 1 aromatic heterocycles. The van der Waals surface area contributed by atoms with Crippen molar-refractivity contribution in [1.29, 1.82) is 0 Å². The van der Waals surface area contributed by atoms with Gasteiger partial charge in [-0.2, -0.15) is 0 Å². The summed E-state index contributed by atoms with van der Waals surface area (Å²) in [5.74, 6) is -3.13. The molecule has 3 aromatic rings. The minimum atomic E-state index is -0.871. The number of amides is 1. The average molecular weight is 445 g/mol. The number of rotatable bonds is 8. The summed E-state index contributed by atoms with van der Waals surface area (Å²) in [5.41, 5.74) is 3.70. The predicted octanol–water partition coefficient (Wildman–Crippen LogP) is 3.00. The van der Waals surface area contributed by atoms with Crippen LogP contribution in [0.5, 0.6) is 0 Å². The van der Waals surface area contributed by atoms with Gasteiger partial charge in [0.2, 0.25) is 17.5 Å². The van der Waals surface area contributed by atoms with E-state index in [0.29, 0.717) is 5.56 Å². The molecule has 32 heavy (non-hydrogen) atoms. The fourth-order valence-electron chi connectivity index (χ4n) is 2.55. The monoisotopic (exact) mass is 445 g/mol. The van der Waals surface area contributed by atoms with Crippen molar-refractivity contribution in [3.63, 3.8) is 0 Å². The number of aromatic nitrogens is 2. The maximum Gasteiger partial charge on any atom is 0.355 e. The van der Waals surface area contributed by atoms with Gasteiger partial charge in [-0.3, -0.25) is 35.9 Å². The van der Waals surface area contributed by atoms with Crippen molar-refractivity contribution >= 4 is 34.6 Å². The Labute approximate surface area is 177 Å². The zero-order chi connectivity index (χ0) is 23.3. The van der Waals surface area contributed by atoms with Crippen LogP contribution in [0.2, 0.25) is 0 Å². The highest BCUT2D eigenvalue weighted by Gasteiger charge is 2.24. The molecule has 3 rings (SSSR count). The van der Waals surface area contributed by atoms with Gasteiger partial charge in [0, 0.05) is 18.2 Å². The van der Waals surface area contributed by atoms with Gasteiger partial charge >= 0.3 is 5.69 Å². The number of nitro benzene ring substituents is 1. The quantitative estimate of drug-likeness (QED) is 0.349. The van der Waals surface area contributed by atoms with Crippen molar-refractivity contribution in [2.75, 3.05) is 10.7 Å². The summed E-state index contributed by atoms with van der Waals surface area (Å²) in [7, 11) is 0. The number of nitrogens with zero attached hydrogens (tertiary/aromatic N) is 4. The van der Waals surface area contributed by atoms with Gasteiger partial charge in [-0.1, -0.05) is 12.1 Å². The smallest absolute Gasteiger partial charge is 0.332 e. The summed E-state index contributed by atoms with van der Waals surface area (Å²) >= 11 is 0. The first-order valence-corrected chi connectivity index (χ1v) is 8.74. The lowest BCUT2D eigenvalue weighted by Crippen LogP contribution is -2.31. The Balaban J connectivity index is 1.74. The maximum absolute atomic E-state index is 13.9. The minimum Gasteiger partial charge on any atom is -0.332 e.